The van der Waals surface area contributed by atoms with Crippen molar-refractivity contribution in [2.45, 2.75) is 19.0 Å². The van der Waals surface area contributed by atoms with Crippen LogP contribution in [0.5, 0.6) is 0 Å². The van der Waals surface area contributed by atoms with Crippen LogP contribution in [0.2, 0.25) is 5.02 Å². The lowest BCUT2D eigenvalue weighted by atomic mass is 10.2. The zero-order chi connectivity index (χ0) is 22.0. The number of rotatable bonds is 5. The molecule has 1 aromatic heterocycles. The molecule has 1 amide bonds. The highest BCUT2D eigenvalue weighted by Crippen LogP contribution is 2.24. The van der Waals surface area contributed by atoms with Crippen molar-refractivity contribution in [3.05, 3.63) is 93.2 Å². The third-order valence-electron chi connectivity index (χ3n) is 4.91. The van der Waals surface area contributed by atoms with Gasteiger partial charge < -0.3 is 5.32 Å². The first-order valence-electron chi connectivity index (χ1n) is 9.70. The molecular weight excluding hydrogens is 430 g/mol. The third-order valence-corrected chi connectivity index (χ3v) is 6.08. The maximum Gasteiger partial charge on any atom is 0.266 e. The first-order chi connectivity index (χ1) is 14.9. The molecule has 1 N–H and O–H groups in total. The van der Waals surface area contributed by atoms with E-state index in [2.05, 4.69) is 10.3 Å². The lowest BCUT2D eigenvalue weighted by molar-refractivity contribution is -0.113. The summed E-state index contributed by atoms with van der Waals surface area (Å²) in [4.78, 5) is 30.6. The molecule has 7 heteroatoms. The number of fused-ring (bicyclic) bond motifs is 1. The second kappa shape index (κ2) is 8.96. The van der Waals surface area contributed by atoms with E-state index in [4.69, 9.17) is 11.6 Å². The SMILES string of the molecule is Cc1ccc(Cl)cc1NC(=O)CSc1nc2ccccc2c(=O)n1-c1ccccc1C. The van der Waals surface area contributed by atoms with Gasteiger partial charge in [0.15, 0.2) is 5.16 Å². The molecule has 0 spiro atoms. The number of aryl methyl sites for hydroxylation is 2. The molecule has 31 heavy (non-hydrogen) atoms. The van der Waals surface area contributed by atoms with Crippen molar-refractivity contribution >= 4 is 45.9 Å². The minimum atomic E-state index is -0.200. The molecule has 0 bridgehead atoms. The smallest absolute Gasteiger partial charge is 0.266 e. The maximum absolute atomic E-state index is 13.3. The van der Waals surface area contributed by atoms with Crippen LogP contribution in [0.15, 0.2) is 76.7 Å². The first-order valence-corrected chi connectivity index (χ1v) is 11.1. The molecule has 3 aromatic carbocycles. The standard InChI is InChI=1S/C24H20ClN3O2S/c1-15-11-12-17(25)13-20(15)26-22(29)14-31-24-27-19-9-5-4-8-18(19)23(30)28(24)21-10-6-3-7-16(21)2/h3-13H,14H2,1-2H3,(H,26,29). The number of aromatic nitrogens is 2. The zero-order valence-corrected chi connectivity index (χ0v) is 18.6. The van der Waals surface area contributed by atoms with Gasteiger partial charge in [0.2, 0.25) is 5.91 Å². The molecule has 156 valence electrons. The predicted octanol–water partition coefficient (Wildman–Crippen LogP) is 5.39. The van der Waals surface area contributed by atoms with Crippen LogP contribution in [-0.4, -0.2) is 21.2 Å². The normalized spacial score (nSPS) is 10.9. The van der Waals surface area contributed by atoms with Crippen LogP contribution in [0.4, 0.5) is 5.69 Å². The summed E-state index contributed by atoms with van der Waals surface area (Å²) >= 11 is 7.27. The number of nitrogens with zero attached hydrogens (tertiary/aromatic N) is 2. The lowest BCUT2D eigenvalue weighted by Gasteiger charge is -2.15. The van der Waals surface area contributed by atoms with Gasteiger partial charge in [-0.25, -0.2) is 4.98 Å². The average Bonchev–Trinajstić information content (AvgIpc) is 2.76. The fourth-order valence-corrected chi connectivity index (χ4v) is 4.26. The summed E-state index contributed by atoms with van der Waals surface area (Å²) in [6, 6.07) is 20.2. The molecule has 4 rings (SSSR count). The molecule has 0 aliphatic rings. The maximum atomic E-state index is 13.3. The molecule has 0 aliphatic heterocycles. The van der Waals surface area contributed by atoms with Gasteiger partial charge in [-0.05, 0) is 55.3 Å². The van der Waals surface area contributed by atoms with E-state index in [9.17, 15) is 9.59 Å². The topological polar surface area (TPSA) is 64.0 Å². The number of hydrogen-bond acceptors (Lipinski definition) is 4. The van der Waals surface area contributed by atoms with E-state index in [0.717, 1.165) is 16.8 Å². The van der Waals surface area contributed by atoms with Crippen LogP contribution in [-0.2, 0) is 4.79 Å². The van der Waals surface area contributed by atoms with Gasteiger partial charge in [0, 0.05) is 10.7 Å². The van der Waals surface area contributed by atoms with Crippen molar-refractivity contribution in [3.8, 4) is 5.69 Å². The van der Waals surface area contributed by atoms with E-state index in [1.165, 1.54) is 11.8 Å². The summed E-state index contributed by atoms with van der Waals surface area (Å²) in [5.74, 6) is -0.100. The molecule has 0 radical (unpaired) electrons. The summed E-state index contributed by atoms with van der Waals surface area (Å²) in [7, 11) is 0. The number of thioether (sulfide) groups is 1. The quantitative estimate of drug-likeness (QED) is 0.328. The molecule has 4 aromatic rings. The molecule has 0 aliphatic carbocycles. The average molecular weight is 450 g/mol. The summed E-state index contributed by atoms with van der Waals surface area (Å²) < 4.78 is 1.58. The molecule has 0 unspecified atom stereocenters. The summed E-state index contributed by atoms with van der Waals surface area (Å²) in [5, 5.41) is 4.44. The Hall–Kier alpha value is -3.09. The van der Waals surface area contributed by atoms with Crippen molar-refractivity contribution in [2.75, 3.05) is 11.1 Å². The fourth-order valence-electron chi connectivity index (χ4n) is 3.28. The second-order valence-corrected chi connectivity index (χ2v) is 8.51. The Bertz CT molecular complexity index is 1350. The Labute approximate surface area is 189 Å². The first kappa shape index (κ1) is 21.2. The summed E-state index contributed by atoms with van der Waals surface area (Å²) in [6.45, 7) is 3.85. The number of halogens is 1. The van der Waals surface area contributed by atoms with Gasteiger partial charge in [0.25, 0.3) is 5.56 Å². The summed E-state index contributed by atoms with van der Waals surface area (Å²) in [5.41, 5.74) is 3.73. The Balaban J connectivity index is 1.69. The van der Waals surface area contributed by atoms with E-state index in [0.29, 0.717) is 26.8 Å². The van der Waals surface area contributed by atoms with E-state index in [1.807, 2.05) is 56.3 Å². The number of hydrogen-bond donors (Lipinski definition) is 1. The number of benzene rings is 3. The highest BCUT2D eigenvalue weighted by molar-refractivity contribution is 7.99. The Kier molecular flexibility index (Phi) is 6.11. The molecule has 0 atom stereocenters. The summed E-state index contributed by atoms with van der Waals surface area (Å²) in [6.07, 6.45) is 0. The van der Waals surface area contributed by atoms with Gasteiger partial charge in [-0.1, -0.05) is 59.8 Å². The molecule has 1 heterocycles. The molecular formula is C24H20ClN3O2S. The third kappa shape index (κ3) is 4.50. The Morgan fingerprint density at radius 3 is 2.58 bits per heavy atom. The van der Waals surface area contributed by atoms with Crippen molar-refractivity contribution in [3.63, 3.8) is 0 Å². The van der Waals surface area contributed by atoms with Crippen LogP contribution in [0.1, 0.15) is 11.1 Å². The zero-order valence-electron chi connectivity index (χ0n) is 17.1. The monoisotopic (exact) mass is 449 g/mol. The molecule has 0 saturated heterocycles. The van der Waals surface area contributed by atoms with Gasteiger partial charge in [-0.3, -0.25) is 14.2 Å². The Morgan fingerprint density at radius 1 is 1.03 bits per heavy atom. The highest BCUT2D eigenvalue weighted by atomic mass is 35.5. The highest BCUT2D eigenvalue weighted by Gasteiger charge is 2.16. The minimum Gasteiger partial charge on any atom is -0.325 e. The van der Waals surface area contributed by atoms with Crippen LogP contribution >= 0.6 is 23.4 Å². The van der Waals surface area contributed by atoms with Crippen LogP contribution < -0.4 is 10.9 Å². The lowest BCUT2D eigenvalue weighted by Crippen LogP contribution is -2.23. The molecule has 5 nitrogen and oxygen atoms in total. The van der Waals surface area contributed by atoms with E-state index < -0.39 is 0 Å². The van der Waals surface area contributed by atoms with Crippen LogP contribution in [0, 0.1) is 13.8 Å². The fraction of sp³-hybridized carbons (Fsp3) is 0.125. The van der Waals surface area contributed by atoms with Gasteiger partial charge in [-0.15, -0.1) is 0 Å². The second-order valence-electron chi connectivity index (χ2n) is 7.13. The largest absolute Gasteiger partial charge is 0.325 e. The van der Waals surface area contributed by atoms with Crippen molar-refractivity contribution < 1.29 is 4.79 Å². The number of anilines is 1. The molecule has 0 saturated carbocycles. The van der Waals surface area contributed by atoms with Crippen LogP contribution in [0.3, 0.4) is 0 Å². The van der Waals surface area contributed by atoms with E-state index >= 15 is 0 Å². The van der Waals surface area contributed by atoms with E-state index in [1.54, 1.807) is 28.8 Å². The Morgan fingerprint density at radius 2 is 1.77 bits per heavy atom. The minimum absolute atomic E-state index is 0.0998. The van der Waals surface area contributed by atoms with Crippen molar-refractivity contribution in [1.29, 1.82) is 0 Å². The number of amides is 1. The van der Waals surface area contributed by atoms with Crippen LogP contribution in [0.25, 0.3) is 16.6 Å². The number of nitrogens with one attached hydrogen (secondary N) is 1. The predicted molar refractivity (Wildman–Crippen MR) is 128 cm³/mol. The van der Waals surface area contributed by atoms with E-state index in [-0.39, 0.29) is 17.2 Å². The van der Waals surface area contributed by atoms with Gasteiger partial charge >= 0.3 is 0 Å². The molecule has 0 fully saturated rings. The van der Waals surface area contributed by atoms with Gasteiger partial charge in [0.05, 0.1) is 22.3 Å². The van der Waals surface area contributed by atoms with Gasteiger partial charge in [-0.2, -0.15) is 0 Å². The number of carbonyl (C=O) groups is 1. The number of para-hydroxylation sites is 2. The van der Waals surface area contributed by atoms with Crippen molar-refractivity contribution in [2.24, 2.45) is 0 Å². The van der Waals surface area contributed by atoms with Crippen molar-refractivity contribution in [1.82, 2.24) is 9.55 Å². The van der Waals surface area contributed by atoms with Gasteiger partial charge in [0.1, 0.15) is 0 Å². The number of carbonyl (C=O) groups excluding carboxylic acids is 1.